The summed E-state index contributed by atoms with van der Waals surface area (Å²) in [6, 6.07) is 4.26. The topological polar surface area (TPSA) is 9.23 Å². The van der Waals surface area contributed by atoms with Crippen LogP contribution in [0.2, 0.25) is 0 Å². The Labute approximate surface area is 98.4 Å². The van der Waals surface area contributed by atoms with Crippen LogP contribution in [0.15, 0.2) is 18.2 Å². The molecule has 0 spiro atoms. The molecule has 0 saturated heterocycles. The normalized spacial score (nSPS) is 9.44. The summed E-state index contributed by atoms with van der Waals surface area (Å²) in [7, 11) is 0. The van der Waals surface area contributed by atoms with E-state index in [4.69, 9.17) is 16.3 Å². The van der Waals surface area contributed by atoms with Crippen LogP contribution in [-0.2, 0) is 0 Å². The molecule has 1 rings (SSSR count). The van der Waals surface area contributed by atoms with Crippen molar-refractivity contribution in [1.29, 1.82) is 0 Å². The number of rotatable bonds is 4. The monoisotopic (exact) mass is 244 g/mol. The van der Waals surface area contributed by atoms with Gasteiger partial charge in [-0.2, -0.15) is 0 Å². The molecule has 1 nitrogen and oxygen atoms in total. The smallest absolute Gasteiger partial charge is 0.142 e. The highest BCUT2D eigenvalue weighted by atomic mass is 35.5. The third-order valence-electron chi connectivity index (χ3n) is 1.73. The molecular formula is C12H11ClF2O. The molecule has 0 saturated carbocycles. The molecule has 0 heterocycles. The molecule has 4 heteroatoms. The van der Waals surface area contributed by atoms with Crippen LogP contribution < -0.4 is 4.74 Å². The lowest BCUT2D eigenvalue weighted by Crippen LogP contribution is -1.99. The van der Waals surface area contributed by atoms with Gasteiger partial charge in [-0.15, -0.1) is 11.6 Å². The van der Waals surface area contributed by atoms with Crippen molar-refractivity contribution in [1.82, 2.24) is 0 Å². The molecule has 0 fully saturated rings. The van der Waals surface area contributed by atoms with Gasteiger partial charge in [0.25, 0.3) is 0 Å². The van der Waals surface area contributed by atoms with E-state index < -0.39 is 12.5 Å². The van der Waals surface area contributed by atoms with Crippen molar-refractivity contribution >= 4 is 11.6 Å². The van der Waals surface area contributed by atoms with E-state index in [9.17, 15) is 8.78 Å². The molecule has 0 unspecified atom stereocenters. The second kappa shape index (κ2) is 7.08. The molecule has 0 atom stereocenters. The molecule has 0 amide bonds. The van der Waals surface area contributed by atoms with Crippen LogP contribution in [0.5, 0.6) is 5.75 Å². The van der Waals surface area contributed by atoms with Gasteiger partial charge in [0.15, 0.2) is 0 Å². The summed E-state index contributed by atoms with van der Waals surface area (Å²) < 4.78 is 30.1. The average molecular weight is 245 g/mol. The first kappa shape index (κ1) is 12.8. The Hall–Kier alpha value is -1.27. The highest BCUT2D eigenvalue weighted by Crippen LogP contribution is 2.15. The molecule has 0 aliphatic rings. The van der Waals surface area contributed by atoms with Crippen LogP contribution >= 0.6 is 11.6 Å². The fraction of sp³-hybridized carbons (Fsp3) is 0.333. The maximum absolute atomic E-state index is 13.4. The van der Waals surface area contributed by atoms with E-state index in [0.29, 0.717) is 18.1 Å². The van der Waals surface area contributed by atoms with E-state index in [0.717, 1.165) is 0 Å². The number of halogens is 3. The number of benzene rings is 1. The lowest BCUT2D eigenvalue weighted by atomic mass is 10.2. The van der Waals surface area contributed by atoms with Gasteiger partial charge in [-0.25, -0.2) is 8.78 Å². The van der Waals surface area contributed by atoms with Crippen LogP contribution in [0.1, 0.15) is 12.0 Å². The molecule has 0 bridgehead atoms. The van der Waals surface area contributed by atoms with Gasteiger partial charge in [-0.05, 0) is 12.1 Å². The lowest BCUT2D eigenvalue weighted by Gasteiger charge is -2.03. The maximum Gasteiger partial charge on any atom is 0.142 e. The third kappa shape index (κ3) is 4.08. The van der Waals surface area contributed by atoms with Crippen LogP contribution in [0.4, 0.5) is 8.78 Å². The van der Waals surface area contributed by atoms with Crippen LogP contribution in [-0.4, -0.2) is 19.2 Å². The van der Waals surface area contributed by atoms with E-state index in [1.54, 1.807) is 6.07 Å². The van der Waals surface area contributed by atoms with E-state index in [-0.39, 0.29) is 12.2 Å². The second-order valence-corrected chi connectivity index (χ2v) is 3.30. The van der Waals surface area contributed by atoms with E-state index in [1.165, 1.54) is 12.1 Å². The zero-order valence-electron chi connectivity index (χ0n) is 8.60. The number of ether oxygens (including phenoxy) is 1. The van der Waals surface area contributed by atoms with Crippen molar-refractivity contribution in [3.8, 4) is 17.6 Å². The van der Waals surface area contributed by atoms with Gasteiger partial charge in [0.2, 0.25) is 0 Å². The first-order chi connectivity index (χ1) is 7.77. The van der Waals surface area contributed by atoms with Gasteiger partial charge in [0.1, 0.15) is 24.8 Å². The van der Waals surface area contributed by atoms with E-state index >= 15 is 0 Å². The summed E-state index contributed by atoms with van der Waals surface area (Å²) in [6.07, 6.45) is 0.515. The van der Waals surface area contributed by atoms with Crippen molar-refractivity contribution in [3.05, 3.63) is 29.6 Å². The molecule has 16 heavy (non-hydrogen) atoms. The Bertz CT molecular complexity index is 396. The summed E-state index contributed by atoms with van der Waals surface area (Å²) in [5, 5.41) is 0. The predicted octanol–water partition coefficient (Wildman–Crippen LogP) is 3.15. The van der Waals surface area contributed by atoms with Crippen LogP contribution in [0, 0.1) is 17.7 Å². The predicted molar refractivity (Wildman–Crippen MR) is 60.1 cm³/mol. The largest absolute Gasteiger partial charge is 0.491 e. The average Bonchev–Trinajstić information content (AvgIpc) is 2.29. The minimum absolute atomic E-state index is 0.0727. The standard InChI is InChI=1S/C12H11ClF2O/c13-6-2-1-3-10-4-5-11(9-12(10)15)16-8-7-14/h4-5,9H,2,6-8H2. The second-order valence-electron chi connectivity index (χ2n) is 2.92. The Balaban J connectivity index is 2.72. The highest BCUT2D eigenvalue weighted by molar-refractivity contribution is 6.18. The van der Waals surface area contributed by atoms with Crippen molar-refractivity contribution in [3.63, 3.8) is 0 Å². The van der Waals surface area contributed by atoms with Gasteiger partial charge in [0, 0.05) is 18.4 Å². The first-order valence-corrected chi connectivity index (χ1v) is 5.34. The Kier molecular flexibility index (Phi) is 5.66. The Morgan fingerprint density at radius 1 is 1.38 bits per heavy atom. The summed E-state index contributed by atoms with van der Waals surface area (Å²) in [4.78, 5) is 0. The number of hydrogen-bond donors (Lipinski definition) is 0. The van der Waals surface area contributed by atoms with Crippen molar-refractivity contribution in [2.24, 2.45) is 0 Å². The van der Waals surface area contributed by atoms with Gasteiger partial charge in [-0.3, -0.25) is 0 Å². The van der Waals surface area contributed by atoms with Gasteiger partial charge < -0.3 is 4.74 Å². The molecular weight excluding hydrogens is 234 g/mol. The summed E-state index contributed by atoms with van der Waals surface area (Å²) in [5.41, 5.74) is 0.290. The van der Waals surface area contributed by atoms with Crippen molar-refractivity contribution in [2.75, 3.05) is 19.2 Å². The molecule has 0 aliphatic carbocycles. The van der Waals surface area contributed by atoms with Crippen LogP contribution in [0.3, 0.4) is 0 Å². The van der Waals surface area contributed by atoms with E-state index in [1.807, 2.05) is 0 Å². The molecule has 1 aromatic rings. The van der Waals surface area contributed by atoms with Gasteiger partial charge in [0.05, 0.1) is 5.56 Å². The fourth-order valence-corrected chi connectivity index (χ4v) is 1.14. The fourth-order valence-electron chi connectivity index (χ4n) is 1.05. The minimum Gasteiger partial charge on any atom is -0.491 e. The first-order valence-electron chi connectivity index (χ1n) is 4.81. The quantitative estimate of drug-likeness (QED) is 0.584. The highest BCUT2D eigenvalue weighted by Gasteiger charge is 2.01. The molecule has 0 radical (unpaired) electrons. The Morgan fingerprint density at radius 3 is 2.81 bits per heavy atom. The molecule has 0 aliphatic heterocycles. The summed E-state index contributed by atoms with van der Waals surface area (Å²) in [6.45, 7) is -0.671. The summed E-state index contributed by atoms with van der Waals surface area (Å²) >= 11 is 5.44. The van der Waals surface area contributed by atoms with Crippen molar-refractivity contribution < 1.29 is 13.5 Å². The molecule has 0 aromatic heterocycles. The maximum atomic E-state index is 13.4. The third-order valence-corrected chi connectivity index (χ3v) is 1.92. The number of alkyl halides is 2. The summed E-state index contributed by atoms with van der Waals surface area (Å²) in [5.74, 6) is 5.64. The van der Waals surface area contributed by atoms with E-state index in [2.05, 4.69) is 11.8 Å². The zero-order chi connectivity index (χ0) is 11.8. The van der Waals surface area contributed by atoms with Crippen molar-refractivity contribution in [2.45, 2.75) is 6.42 Å². The Morgan fingerprint density at radius 2 is 2.19 bits per heavy atom. The molecule has 1 aromatic carbocycles. The lowest BCUT2D eigenvalue weighted by molar-refractivity contribution is 0.272. The van der Waals surface area contributed by atoms with Gasteiger partial charge in [-0.1, -0.05) is 11.8 Å². The SMILES string of the molecule is FCCOc1ccc(C#CCCCl)c(F)c1. The molecule has 0 N–H and O–H groups in total. The molecule has 86 valence electrons. The van der Waals surface area contributed by atoms with Gasteiger partial charge >= 0.3 is 0 Å². The zero-order valence-corrected chi connectivity index (χ0v) is 9.36. The minimum atomic E-state index is -0.598. The number of hydrogen-bond acceptors (Lipinski definition) is 1. The van der Waals surface area contributed by atoms with Crippen LogP contribution in [0.25, 0.3) is 0 Å².